The zero-order valence-corrected chi connectivity index (χ0v) is 58.5. The van der Waals surface area contributed by atoms with Crippen molar-refractivity contribution >= 4 is 66.7 Å². The lowest BCUT2D eigenvalue weighted by atomic mass is 9.43. The largest absolute Gasteiger partial charge is 0.497 e. The maximum atomic E-state index is 14.7. The van der Waals surface area contributed by atoms with Gasteiger partial charge in [-0.1, -0.05) is 124 Å². The number of aryl methyl sites for hydroxylation is 1. The molecule has 1 unspecified atom stereocenters. The van der Waals surface area contributed by atoms with Crippen molar-refractivity contribution in [2.45, 2.75) is 212 Å². The van der Waals surface area contributed by atoms with Crippen LogP contribution < -0.4 is 54.0 Å². The Balaban J connectivity index is 1.11. The number of esters is 2. The number of benzene rings is 4. The first-order chi connectivity index (χ1) is 46.8. The highest BCUT2D eigenvalue weighted by Crippen LogP contribution is 2.65. The number of nitrogens with two attached hydrogens (primary N) is 2. The minimum absolute atomic E-state index is 0.0152. The molecule has 27 heteroatoms. The molecule has 0 spiro atoms. The van der Waals surface area contributed by atoms with E-state index in [1.807, 2.05) is 31.2 Å². The summed E-state index contributed by atoms with van der Waals surface area (Å²) in [5.74, 6) is -6.98. The molecule has 3 saturated carbocycles. The number of hydrogen-bond acceptors (Lipinski definition) is 18. The van der Waals surface area contributed by atoms with Crippen LogP contribution in [0, 0.1) is 17.3 Å². The van der Waals surface area contributed by atoms with E-state index >= 15 is 0 Å². The Labute approximate surface area is 579 Å². The van der Waals surface area contributed by atoms with Gasteiger partial charge in [-0.2, -0.15) is 0 Å². The standard InChI is InChI=1S/C72H99BN10O16/c1-11-12-21-44-27-29-47(30-28-44)48-31-33-49(34-32-48)60(86)81-54(41-77-68(93)97-70(5,6)7)63(89)79-52(35-36-57(84)78-53(65(91)95-43-46-24-17-14-18-25-46)40-58(85)94-42-45-22-15-13-16-23-45)61(87)82-59(74)64(90)80-51(26-19-20-37-76-67(92)96-69(2,3)4)62(88)83-66(75)73-98-56-39-50-38-55(71(50,8)9)72(56,10)99-73/h13-18,22-25,27-34,50-56,59,66H,11-12,19-21,26,35-43,74-75H2,1-10H3,(H,76,92)(H,77,93)(H,78,84)(H,79,89)(H,80,90)(H,81,86)(H,82,87)(H,83,88)/t50-,51-,52-,53+,54-,55-,56?,59+,66+,72-/m0/s1. The van der Waals surface area contributed by atoms with Crippen LogP contribution in [0.2, 0.25) is 0 Å². The van der Waals surface area contributed by atoms with Crippen molar-refractivity contribution in [3.05, 3.63) is 131 Å². The van der Waals surface area contributed by atoms with E-state index in [1.165, 1.54) is 5.56 Å². The van der Waals surface area contributed by atoms with Crippen LogP contribution in [0.25, 0.3) is 11.1 Å². The molecule has 4 fully saturated rings. The second kappa shape index (κ2) is 35.2. The first-order valence-corrected chi connectivity index (χ1v) is 34.0. The maximum Gasteiger partial charge on any atom is 0.497 e. The second-order valence-electron chi connectivity index (χ2n) is 28.3. The fourth-order valence-electron chi connectivity index (χ4n) is 12.3. The summed E-state index contributed by atoms with van der Waals surface area (Å²) >= 11 is 0. The molecule has 26 nitrogen and oxygen atoms in total. The molecule has 99 heavy (non-hydrogen) atoms. The van der Waals surface area contributed by atoms with Gasteiger partial charge in [0.25, 0.3) is 11.8 Å². The van der Waals surface area contributed by atoms with Gasteiger partial charge in [-0.3, -0.25) is 33.6 Å². The third-order valence-electron chi connectivity index (χ3n) is 17.8. The molecule has 0 radical (unpaired) electrons. The van der Waals surface area contributed by atoms with Crippen molar-refractivity contribution in [1.29, 1.82) is 0 Å². The third-order valence-corrected chi connectivity index (χ3v) is 17.8. The zero-order chi connectivity index (χ0) is 72.2. The molecule has 536 valence electrons. The van der Waals surface area contributed by atoms with Gasteiger partial charge in [0.15, 0.2) is 6.17 Å². The van der Waals surface area contributed by atoms with E-state index < -0.39 is 146 Å². The van der Waals surface area contributed by atoms with E-state index in [1.54, 1.807) is 126 Å². The first kappa shape index (κ1) is 77.4. The van der Waals surface area contributed by atoms with Crippen LogP contribution in [0.1, 0.15) is 160 Å². The molecule has 1 heterocycles. The molecule has 10 atom stereocenters. The van der Waals surface area contributed by atoms with Crippen molar-refractivity contribution in [2.24, 2.45) is 28.7 Å². The second-order valence-corrected chi connectivity index (χ2v) is 28.3. The number of hydrogen-bond donors (Lipinski definition) is 10. The van der Waals surface area contributed by atoms with Crippen molar-refractivity contribution < 1.29 is 76.2 Å². The van der Waals surface area contributed by atoms with Crippen LogP contribution in [-0.2, 0) is 81.5 Å². The Morgan fingerprint density at radius 2 is 1.14 bits per heavy atom. The molecule has 0 aromatic heterocycles. The number of nitrogens with one attached hydrogen (secondary N) is 8. The van der Waals surface area contributed by atoms with E-state index in [-0.39, 0.29) is 55.6 Å². The van der Waals surface area contributed by atoms with Crippen molar-refractivity contribution in [3.63, 3.8) is 0 Å². The van der Waals surface area contributed by atoms with Crippen LogP contribution in [0.5, 0.6) is 0 Å². The van der Waals surface area contributed by atoms with Gasteiger partial charge < -0.3 is 82.3 Å². The van der Waals surface area contributed by atoms with Gasteiger partial charge in [-0.15, -0.1) is 0 Å². The maximum absolute atomic E-state index is 14.7. The molecule has 4 aliphatic rings. The van der Waals surface area contributed by atoms with Gasteiger partial charge in [0.05, 0.1) is 24.7 Å². The van der Waals surface area contributed by atoms with Gasteiger partial charge in [-0.25, -0.2) is 14.4 Å². The summed E-state index contributed by atoms with van der Waals surface area (Å²) in [4.78, 5) is 139. The average Bonchev–Trinajstić information content (AvgIpc) is 1.65. The van der Waals surface area contributed by atoms with Gasteiger partial charge in [0.2, 0.25) is 23.6 Å². The Bertz CT molecular complexity index is 3430. The average molecular weight is 1370 g/mol. The summed E-state index contributed by atoms with van der Waals surface area (Å²) in [5.41, 5.74) is 14.9. The van der Waals surface area contributed by atoms with E-state index in [0.29, 0.717) is 23.5 Å². The molecule has 4 aromatic carbocycles. The van der Waals surface area contributed by atoms with Gasteiger partial charge in [0, 0.05) is 18.5 Å². The fourth-order valence-corrected chi connectivity index (χ4v) is 12.3. The van der Waals surface area contributed by atoms with Crippen molar-refractivity contribution in [1.82, 2.24) is 42.5 Å². The Morgan fingerprint density at radius 3 is 1.74 bits per heavy atom. The third kappa shape index (κ3) is 23.4. The zero-order valence-electron chi connectivity index (χ0n) is 58.5. The Kier molecular flexibility index (Phi) is 27.6. The summed E-state index contributed by atoms with van der Waals surface area (Å²) < 4.78 is 34.6. The normalized spacial score (nSPS) is 19.2. The van der Waals surface area contributed by atoms with Crippen LogP contribution in [-0.4, -0.2) is 139 Å². The monoisotopic (exact) mass is 1370 g/mol. The molecule has 1 saturated heterocycles. The lowest BCUT2D eigenvalue weighted by Gasteiger charge is -2.64. The van der Waals surface area contributed by atoms with Crippen LogP contribution in [0.4, 0.5) is 9.59 Å². The molecule has 2 bridgehead atoms. The van der Waals surface area contributed by atoms with Crippen molar-refractivity contribution in [2.75, 3.05) is 13.1 Å². The first-order valence-electron chi connectivity index (χ1n) is 34.0. The van der Waals surface area contributed by atoms with E-state index in [2.05, 4.69) is 63.3 Å². The van der Waals surface area contributed by atoms with Crippen LogP contribution in [0.15, 0.2) is 109 Å². The van der Waals surface area contributed by atoms with E-state index in [9.17, 15) is 47.9 Å². The summed E-state index contributed by atoms with van der Waals surface area (Å²) in [5, 5.41) is 20.5. The number of ether oxygens (including phenoxy) is 4. The van der Waals surface area contributed by atoms with Crippen LogP contribution in [0.3, 0.4) is 0 Å². The predicted octanol–water partition coefficient (Wildman–Crippen LogP) is 6.20. The SMILES string of the molecule is CCCCc1ccc(-c2ccc(C(=O)N[C@@H](CNC(=O)OC(C)(C)C)C(=O)N[C@@H](CCC(=O)N[C@H](CC(=O)OCc3ccccc3)C(=O)OCc3ccccc3)C(=O)N[C@@H](N)C(=O)N[C@@H](CCCCNC(=O)OC(C)(C)C)C(=O)N[C@@H](N)B3OC4C[C@@H]5C[C@@H](C5(C)C)[C@]4(C)O3)cc2)cc1. The summed E-state index contributed by atoms with van der Waals surface area (Å²) in [7, 11) is -1.04. The smallest absolute Gasteiger partial charge is 0.461 e. The van der Waals surface area contributed by atoms with Gasteiger partial charge >= 0.3 is 31.2 Å². The highest BCUT2D eigenvalue weighted by molar-refractivity contribution is 6.47. The van der Waals surface area contributed by atoms with E-state index in [0.717, 1.165) is 43.2 Å². The highest BCUT2D eigenvalue weighted by Gasteiger charge is 2.68. The molecule has 8 rings (SSSR count). The predicted molar refractivity (Wildman–Crippen MR) is 369 cm³/mol. The summed E-state index contributed by atoms with van der Waals surface area (Å²) in [6.45, 7) is 17.7. The number of alkyl carbamates (subject to hydrolysis) is 2. The lowest BCUT2D eigenvalue weighted by Crippen LogP contribution is -2.65. The number of carbonyl (C=O) groups excluding carboxylic acids is 10. The Morgan fingerprint density at radius 1 is 0.586 bits per heavy atom. The van der Waals surface area contributed by atoms with Crippen molar-refractivity contribution in [3.8, 4) is 11.1 Å². The molecular weight excluding hydrogens is 1270 g/mol. The number of rotatable bonds is 33. The molecule has 12 N–H and O–H groups in total. The topological polar surface area (TPSA) is 374 Å². The lowest BCUT2D eigenvalue weighted by molar-refractivity contribution is -0.199. The van der Waals surface area contributed by atoms with Gasteiger partial charge in [0.1, 0.15) is 54.6 Å². The molecular formula is C72H99BN10O16. The quantitative estimate of drug-likeness (QED) is 0.00835. The number of unbranched alkanes of at least 4 members (excludes halogenated alkanes) is 2. The summed E-state index contributed by atoms with van der Waals surface area (Å²) in [6, 6.07) is 24.4. The Hall–Kier alpha value is -8.92. The van der Waals surface area contributed by atoms with E-state index in [4.69, 9.17) is 39.7 Å². The minimum Gasteiger partial charge on any atom is -0.461 e. The number of carbonyl (C=O) groups is 10. The molecule has 4 aromatic rings. The number of amides is 8. The fraction of sp³-hybridized carbons (Fsp3) is 0.528. The molecule has 3 aliphatic carbocycles. The molecule has 1 aliphatic heterocycles. The highest BCUT2D eigenvalue weighted by atomic mass is 16.7. The van der Waals surface area contributed by atoms with Crippen LogP contribution >= 0.6 is 0 Å². The molecule has 8 amide bonds. The minimum atomic E-state index is -1.96. The van der Waals surface area contributed by atoms with Gasteiger partial charge in [-0.05, 0) is 157 Å². The summed E-state index contributed by atoms with van der Waals surface area (Å²) in [6.07, 6.45) is -0.452.